The average Bonchev–Trinajstić information content (AvgIpc) is 3.52. The normalized spacial score (nSPS) is 18.6. The predicted octanol–water partition coefficient (Wildman–Crippen LogP) is 2.86. The van der Waals surface area contributed by atoms with Crippen molar-refractivity contribution in [3.63, 3.8) is 0 Å². The van der Waals surface area contributed by atoms with E-state index in [2.05, 4.69) is 79.4 Å². The van der Waals surface area contributed by atoms with Crippen molar-refractivity contribution in [3.05, 3.63) is 64.4 Å². The molecule has 1 unspecified atom stereocenters. The van der Waals surface area contributed by atoms with E-state index in [0.29, 0.717) is 6.04 Å². The Bertz CT molecular complexity index is 820. The minimum absolute atomic E-state index is 0.334. The topological polar surface area (TPSA) is 52.1 Å². The number of hydrogen-bond acceptors (Lipinski definition) is 5. The molecule has 160 valence electrons. The Labute approximate surface area is 183 Å². The summed E-state index contributed by atoms with van der Waals surface area (Å²) < 4.78 is 5.54. The zero-order chi connectivity index (χ0) is 20.6. The third kappa shape index (κ3) is 5.41. The Hall–Kier alpha value is -2.35. The largest absolute Gasteiger partial charge is 0.379 e. The Balaban J connectivity index is 1.30. The summed E-state index contributed by atoms with van der Waals surface area (Å²) in [5.74, 6) is 0.831. The summed E-state index contributed by atoms with van der Waals surface area (Å²) in [6.45, 7) is 7.12. The lowest BCUT2D eigenvalue weighted by Crippen LogP contribution is -2.46. The molecule has 0 saturated carbocycles. The van der Waals surface area contributed by atoms with E-state index in [1.54, 1.807) is 0 Å². The second-order valence-electron chi connectivity index (χ2n) is 7.53. The molecule has 2 aliphatic heterocycles. The number of rotatable bonds is 7. The van der Waals surface area contributed by atoms with Crippen molar-refractivity contribution in [2.24, 2.45) is 4.99 Å². The molecule has 30 heavy (non-hydrogen) atoms. The lowest BCUT2D eigenvalue weighted by atomic mass is 10.2. The SMILES string of the molecule is CN=C(NCc1ccc(N2CC=CC2)cc1)NCC(c1cccs1)N1CCOCC1. The van der Waals surface area contributed by atoms with Crippen LogP contribution in [0.4, 0.5) is 5.69 Å². The molecule has 1 atom stereocenters. The number of aliphatic imine (C=N–C) groups is 1. The molecule has 6 nitrogen and oxygen atoms in total. The summed E-state index contributed by atoms with van der Waals surface area (Å²) in [7, 11) is 1.83. The predicted molar refractivity (Wildman–Crippen MR) is 125 cm³/mol. The standard InChI is InChI=1S/C23H31N5OS/c1-24-23(25-17-19-6-8-20(9-7-19)27-10-2-3-11-27)26-18-21(22-5-4-16-30-22)28-12-14-29-15-13-28/h2-9,16,21H,10-15,17-18H2,1H3,(H2,24,25,26). The molecule has 0 spiro atoms. The zero-order valence-corrected chi connectivity index (χ0v) is 18.4. The molecule has 2 aromatic rings. The highest BCUT2D eigenvalue weighted by atomic mass is 32.1. The van der Waals surface area contributed by atoms with Gasteiger partial charge in [0.1, 0.15) is 0 Å². The number of nitrogens with zero attached hydrogens (tertiary/aromatic N) is 3. The van der Waals surface area contributed by atoms with Crippen LogP contribution in [0.2, 0.25) is 0 Å². The number of ether oxygens (including phenoxy) is 1. The van der Waals surface area contributed by atoms with Gasteiger partial charge in [0.2, 0.25) is 0 Å². The van der Waals surface area contributed by atoms with Gasteiger partial charge in [-0.3, -0.25) is 9.89 Å². The number of benzene rings is 1. The van der Waals surface area contributed by atoms with Gasteiger partial charge in [0.05, 0.1) is 19.3 Å². The molecule has 1 saturated heterocycles. The number of hydrogen-bond donors (Lipinski definition) is 2. The van der Waals surface area contributed by atoms with Gasteiger partial charge in [-0.2, -0.15) is 0 Å². The Morgan fingerprint density at radius 1 is 1.10 bits per heavy atom. The molecule has 1 fully saturated rings. The van der Waals surface area contributed by atoms with Gasteiger partial charge in [0.25, 0.3) is 0 Å². The molecule has 0 amide bonds. The highest BCUT2D eigenvalue weighted by Gasteiger charge is 2.23. The minimum atomic E-state index is 0.334. The fraction of sp³-hybridized carbons (Fsp3) is 0.435. The van der Waals surface area contributed by atoms with Crippen molar-refractivity contribution < 1.29 is 4.74 Å². The van der Waals surface area contributed by atoms with Crippen LogP contribution < -0.4 is 15.5 Å². The monoisotopic (exact) mass is 425 g/mol. The van der Waals surface area contributed by atoms with Crippen LogP contribution in [0.15, 0.2) is 58.9 Å². The van der Waals surface area contributed by atoms with Gasteiger partial charge in [0, 0.05) is 56.9 Å². The van der Waals surface area contributed by atoms with E-state index < -0.39 is 0 Å². The number of nitrogens with one attached hydrogen (secondary N) is 2. The second-order valence-corrected chi connectivity index (χ2v) is 8.51. The summed E-state index contributed by atoms with van der Waals surface area (Å²) in [6.07, 6.45) is 4.43. The maximum absolute atomic E-state index is 5.54. The first-order valence-corrected chi connectivity index (χ1v) is 11.5. The molecule has 7 heteroatoms. The van der Waals surface area contributed by atoms with E-state index in [1.807, 2.05) is 18.4 Å². The fourth-order valence-corrected chi connectivity index (χ4v) is 4.75. The number of morpholine rings is 1. The summed E-state index contributed by atoms with van der Waals surface area (Å²) in [5.41, 5.74) is 2.52. The minimum Gasteiger partial charge on any atom is -0.379 e. The molecule has 4 rings (SSSR count). The van der Waals surface area contributed by atoms with Crippen LogP contribution in [-0.2, 0) is 11.3 Å². The molecule has 0 bridgehead atoms. The van der Waals surface area contributed by atoms with E-state index in [9.17, 15) is 0 Å². The molecule has 1 aromatic heterocycles. The van der Waals surface area contributed by atoms with Gasteiger partial charge >= 0.3 is 0 Å². The van der Waals surface area contributed by atoms with Crippen LogP contribution in [0.1, 0.15) is 16.5 Å². The summed E-state index contributed by atoms with van der Waals surface area (Å²) in [5, 5.41) is 9.13. The van der Waals surface area contributed by atoms with E-state index in [1.165, 1.54) is 16.1 Å². The van der Waals surface area contributed by atoms with Crippen LogP contribution in [-0.4, -0.2) is 63.8 Å². The van der Waals surface area contributed by atoms with Crippen molar-refractivity contribution in [3.8, 4) is 0 Å². The molecule has 0 radical (unpaired) electrons. The van der Waals surface area contributed by atoms with Crippen molar-refractivity contribution in [1.82, 2.24) is 15.5 Å². The Kier molecular flexibility index (Phi) is 7.39. The highest BCUT2D eigenvalue weighted by Crippen LogP contribution is 2.25. The second kappa shape index (κ2) is 10.6. The number of anilines is 1. The highest BCUT2D eigenvalue weighted by molar-refractivity contribution is 7.10. The third-order valence-electron chi connectivity index (χ3n) is 5.62. The van der Waals surface area contributed by atoms with Crippen molar-refractivity contribution in [2.45, 2.75) is 12.6 Å². The summed E-state index contributed by atoms with van der Waals surface area (Å²) in [6, 6.07) is 13.5. The Morgan fingerprint density at radius 2 is 1.87 bits per heavy atom. The molecule has 2 N–H and O–H groups in total. The van der Waals surface area contributed by atoms with Gasteiger partial charge < -0.3 is 20.3 Å². The van der Waals surface area contributed by atoms with E-state index >= 15 is 0 Å². The lowest BCUT2D eigenvalue weighted by molar-refractivity contribution is 0.0177. The molecule has 1 aromatic carbocycles. The van der Waals surface area contributed by atoms with Crippen LogP contribution in [0, 0.1) is 0 Å². The molecular formula is C23H31N5OS. The van der Waals surface area contributed by atoms with E-state index in [4.69, 9.17) is 4.74 Å². The van der Waals surface area contributed by atoms with Gasteiger partial charge in [-0.05, 0) is 29.1 Å². The number of guanidine groups is 1. The molecular weight excluding hydrogens is 394 g/mol. The van der Waals surface area contributed by atoms with Crippen molar-refractivity contribution >= 4 is 23.0 Å². The van der Waals surface area contributed by atoms with Crippen molar-refractivity contribution in [2.75, 3.05) is 57.9 Å². The van der Waals surface area contributed by atoms with Crippen LogP contribution in [0.5, 0.6) is 0 Å². The van der Waals surface area contributed by atoms with Gasteiger partial charge in [-0.1, -0.05) is 30.4 Å². The maximum atomic E-state index is 5.54. The summed E-state index contributed by atoms with van der Waals surface area (Å²) >= 11 is 1.81. The first-order valence-electron chi connectivity index (χ1n) is 10.6. The van der Waals surface area contributed by atoms with E-state index in [-0.39, 0.29) is 0 Å². The molecule has 3 heterocycles. The Morgan fingerprint density at radius 3 is 2.53 bits per heavy atom. The van der Waals surface area contributed by atoms with Crippen LogP contribution in [0.25, 0.3) is 0 Å². The fourth-order valence-electron chi connectivity index (χ4n) is 3.89. The summed E-state index contributed by atoms with van der Waals surface area (Å²) in [4.78, 5) is 10.7. The lowest BCUT2D eigenvalue weighted by Gasteiger charge is -2.34. The van der Waals surface area contributed by atoms with Crippen molar-refractivity contribution in [1.29, 1.82) is 0 Å². The smallest absolute Gasteiger partial charge is 0.191 e. The van der Waals surface area contributed by atoms with Gasteiger partial charge in [0.15, 0.2) is 5.96 Å². The first kappa shape index (κ1) is 20.9. The molecule has 2 aliphatic rings. The maximum Gasteiger partial charge on any atom is 0.191 e. The van der Waals surface area contributed by atoms with Gasteiger partial charge in [-0.25, -0.2) is 0 Å². The van der Waals surface area contributed by atoms with Crippen LogP contribution >= 0.6 is 11.3 Å². The number of thiophene rings is 1. The zero-order valence-electron chi connectivity index (χ0n) is 17.6. The van der Waals surface area contributed by atoms with E-state index in [0.717, 1.165) is 58.4 Å². The quantitative estimate of drug-likeness (QED) is 0.406. The third-order valence-corrected chi connectivity index (χ3v) is 6.60. The first-order chi connectivity index (χ1) is 14.8. The van der Waals surface area contributed by atoms with Crippen LogP contribution in [0.3, 0.4) is 0 Å². The molecule has 0 aliphatic carbocycles. The van der Waals surface area contributed by atoms with Gasteiger partial charge in [-0.15, -0.1) is 11.3 Å². The average molecular weight is 426 g/mol.